The Morgan fingerprint density at radius 2 is 1.84 bits per heavy atom. The molecule has 0 spiro atoms. The second-order valence-electron chi connectivity index (χ2n) is 11.1. The molecule has 9 nitrogen and oxygen atoms in total. The molecular formula is C33H40N4O5S. The predicted octanol–water partition coefficient (Wildman–Crippen LogP) is 4.39. The van der Waals surface area contributed by atoms with Gasteiger partial charge in [-0.15, -0.1) is 0 Å². The minimum absolute atomic E-state index is 0.0610. The lowest BCUT2D eigenvalue weighted by atomic mass is 10.1. The Morgan fingerprint density at radius 3 is 2.60 bits per heavy atom. The van der Waals surface area contributed by atoms with Gasteiger partial charge in [-0.25, -0.2) is 8.42 Å². The van der Waals surface area contributed by atoms with Crippen molar-refractivity contribution < 1.29 is 17.9 Å². The van der Waals surface area contributed by atoms with Crippen LogP contribution in [0.4, 0.5) is 5.69 Å². The molecule has 1 aliphatic rings. The molecule has 2 aromatic heterocycles. The summed E-state index contributed by atoms with van der Waals surface area (Å²) >= 11 is 0. The van der Waals surface area contributed by atoms with Gasteiger partial charge in [-0.3, -0.25) is 14.1 Å². The zero-order valence-electron chi connectivity index (χ0n) is 24.9. The van der Waals surface area contributed by atoms with Crippen molar-refractivity contribution in [3.8, 4) is 5.75 Å². The van der Waals surface area contributed by atoms with Crippen molar-refractivity contribution in [1.82, 2.24) is 14.5 Å². The number of fused-ring (bicyclic) bond motifs is 1. The van der Waals surface area contributed by atoms with Crippen molar-refractivity contribution in [3.05, 3.63) is 101 Å². The van der Waals surface area contributed by atoms with Crippen LogP contribution in [0.15, 0.2) is 83.9 Å². The maximum Gasteiger partial charge on any atom is 0.250 e. The number of aryl methyl sites for hydroxylation is 1. The fourth-order valence-corrected chi connectivity index (χ4v) is 6.55. The average Bonchev–Trinajstić information content (AvgIpc) is 3.01. The number of piperidine rings is 1. The largest absolute Gasteiger partial charge is 0.494 e. The van der Waals surface area contributed by atoms with E-state index in [1.807, 2.05) is 60.8 Å². The summed E-state index contributed by atoms with van der Waals surface area (Å²) in [7, 11) is -1.75. The molecule has 43 heavy (non-hydrogen) atoms. The normalized spacial score (nSPS) is 14.7. The molecule has 0 N–H and O–H groups in total. The van der Waals surface area contributed by atoms with Crippen molar-refractivity contribution in [2.75, 3.05) is 43.3 Å². The number of likely N-dealkylation sites (tertiary alicyclic amines) is 1. The van der Waals surface area contributed by atoms with Crippen molar-refractivity contribution in [2.45, 2.75) is 38.4 Å². The van der Waals surface area contributed by atoms with Gasteiger partial charge < -0.3 is 18.9 Å². The summed E-state index contributed by atoms with van der Waals surface area (Å²) in [5.41, 5.74) is 3.61. The first-order valence-electron chi connectivity index (χ1n) is 14.8. The van der Waals surface area contributed by atoms with Crippen LogP contribution >= 0.6 is 0 Å². The molecular weight excluding hydrogens is 564 g/mol. The molecule has 0 amide bonds. The minimum atomic E-state index is -3.49. The van der Waals surface area contributed by atoms with E-state index in [9.17, 15) is 13.2 Å². The van der Waals surface area contributed by atoms with Gasteiger partial charge in [0.2, 0.25) is 10.0 Å². The number of aromatic nitrogens is 2. The number of benzene rings is 2. The number of nitrogens with zero attached hydrogens (tertiary/aromatic N) is 4. The average molecular weight is 605 g/mol. The Labute approximate surface area is 253 Å². The third-order valence-electron chi connectivity index (χ3n) is 7.97. The number of hydrogen-bond donors (Lipinski definition) is 0. The monoisotopic (exact) mass is 604 g/mol. The number of anilines is 1. The molecule has 0 saturated carbocycles. The van der Waals surface area contributed by atoms with E-state index in [0.29, 0.717) is 31.9 Å². The van der Waals surface area contributed by atoms with Crippen molar-refractivity contribution in [3.63, 3.8) is 0 Å². The lowest BCUT2D eigenvalue weighted by Gasteiger charge is -2.32. The van der Waals surface area contributed by atoms with Gasteiger partial charge >= 0.3 is 0 Å². The topological polar surface area (TPSA) is 94.0 Å². The highest BCUT2D eigenvalue weighted by Gasteiger charge is 2.22. The van der Waals surface area contributed by atoms with Crippen LogP contribution in [-0.2, 0) is 34.8 Å². The molecule has 0 bridgehead atoms. The molecule has 0 aliphatic carbocycles. The van der Waals surface area contributed by atoms with Crippen molar-refractivity contribution in [2.24, 2.45) is 7.05 Å². The van der Waals surface area contributed by atoms with Crippen LogP contribution < -0.4 is 14.6 Å². The van der Waals surface area contributed by atoms with E-state index >= 15 is 0 Å². The SMILES string of the molecule is Cn1c(=O)ccc2cc(OCCCN(c3ccccc3CCN3CCC(OCc4cccnc4)CC3)S(C)(=O)=O)ccc21. The zero-order valence-corrected chi connectivity index (χ0v) is 25.7. The summed E-state index contributed by atoms with van der Waals surface area (Å²) < 4.78 is 40.9. The summed E-state index contributed by atoms with van der Waals surface area (Å²) in [4.78, 5) is 18.5. The van der Waals surface area contributed by atoms with Crippen LogP contribution in [0.3, 0.4) is 0 Å². The molecule has 228 valence electrons. The molecule has 10 heteroatoms. The lowest BCUT2D eigenvalue weighted by Crippen LogP contribution is -2.38. The second kappa shape index (κ2) is 14.2. The first kappa shape index (κ1) is 30.7. The third kappa shape index (κ3) is 8.22. The number of hydrogen-bond acceptors (Lipinski definition) is 7. The van der Waals surface area contributed by atoms with E-state index in [-0.39, 0.29) is 11.7 Å². The standard InChI is InChI=1S/C33H40N4O5S/c1-35-31-12-11-30(23-28(31)10-13-33(35)38)41-22-6-18-37(43(2,39)40)32-9-4-3-8-27(32)14-19-36-20-15-29(16-21-36)42-25-26-7-5-17-34-24-26/h3-5,7-13,17,23-24,29H,6,14-16,18-22,25H2,1-2H3. The summed E-state index contributed by atoms with van der Waals surface area (Å²) in [6.45, 7) is 4.04. The summed E-state index contributed by atoms with van der Waals surface area (Å²) in [6, 6.07) is 20.6. The van der Waals surface area contributed by atoms with Gasteiger partial charge in [0.15, 0.2) is 0 Å². The van der Waals surface area contributed by atoms with E-state index in [0.717, 1.165) is 66.6 Å². The second-order valence-corrected chi connectivity index (χ2v) is 13.0. The first-order valence-corrected chi connectivity index (χ1v) is 16.6. The van der Waals surface area contributed by atoms with Gasteiger partial charge in [0.05, 0.1) is 36.8 Å². The molecule has 0 unspecified atom stereocenters. The van der Waals surface area contributed by atoms with Gasteiger partial charge in [-0.2, -0.15) is 0 Å². The highest BCUT2D eigenvalue weighted by atomic mass is 32.2. The molecule has 3 heterocycles. The number of ether oxygens (including phenoxy) is 2. The number of sulfonamides is 1. The van der Waals surface area contributed by atoms with Crippen molar-refractivity contribution >= 4 is 26.6 Å². The van der Waals surface area contributed by atoms with Crippen LogP contribution in [0.5, 0.6) is 5.75 Å². The van der Waals surface area contributed by atoms with Crippen LogP contribution in [0.1, 0.15) is 30.4 Å². The maximum atomic E-state index is 12.9. The number of para-hydroxylation sites is 1. The lowest BCUT2D eigenvalue weighted by molar-refractivity contribution is -0.00228. The quantitative estimate of drug-likeness (QED) is 0.209. The first-order chi connectivity index (χ1) is 20.8. The Morgan fingerprint density at radius 1 is 1.02 bits per heavy atom. The summed E-state index contributed by atoms with van der Waals surface area (Å²) in [6.07, 6.45) is 8.36. The van der Waals surface area contributed by atoms with Crippen molar-refractivity contribution in [1.29, 1.82) is 0 Å². The highest BCUT2D eigenvalue weighted by molar-refractivity contribution is 7.92. The van der Waals surface area contributed by atoms with Gasteiger partial charge in [-0.1, -0.05) is 24.3 Å². The number of pyridine rings is 2. The fraction of sp³-hybridized carbons (Fsp3) is 0.394. The Kier molecular flexibility index (Phi) is 10.1. The molecule has 4 aromatic rings. The van der Waals surface area contributed by atoms with Gasteiger partial charge in [0, 0.05) is 63.5 Å². The van der Waals surface area contributed by atoms with Gasteiger partial charge in [-0.05, 0) is 66.8 Å². The fourth-order valence-electron chi connectivity index (χ4n) is 5.56. The Balaban J connectivity index is 1.13. The van der Waals surface area contributed by atoms with Crippen LogP contribution in [0.25, 0.3) is 10.9 Å². The summed E-state index contributed by atoms with van der Waals surface area (Å²) in [5.74, 6) is 0.684. The van der Waals surface area contributed by atoms with E-state index in [2.05, 4.69) is 9.88 Å². The Hall–Kier alpha value is -3.73. The maximum absolute atomic E-state index is 12.9. The van der Waals surface area contributed by atoms with Gasteiger partial charge in [0.1, 0.15) is 5.75 Å². The third-order valence-corrected chi connectivity index (χ3v) is 9.15. The smallest absolute Gasteiger partial charge is 0.250 e. The van der Waals surface area contributed by atoms with Crippen LogP contribution in [0, 0.1) is 0 Å². The van der Waals surface area contributed by atoms with Gasteiger partial charge in [0.25, 0.3) is 5.56 Å². The molecule has 0 radical (unpaired) electrons. The molecule has 5 rings (SSSR count). The Bertz CT molecular complexity index is 1670. The van der Waals surface area contributed by atoms with E-state index in [1.165, 1.54) is 16.6 Å². The highest BCUT2D eigenvalue weighted by Crippen LogP contribution is 2.25. The van der Waals surface area contributed by atoms with E-state index in [4.69, 9.17) is 9.47 Å². The predicted molar refractivity (Wildman–Crippen MR) is 170 cm³/mol. The number of rotatable bonds is 13. The molecule has 1 aliphatic heterocycles. The summed E-state index contributed by atoms with van der Waals surface area (Å²) in [5, 5.41) is 0.910. The molecule has 2 aromatic carbocycles. The van der Waals surface area contributed by atoms with Crippen LogP contribution in [-0.4, -0.2) is 68.0 Å². The molecule has 1 saturated heterocycles. The minimum Gasteiger partial charge on any atom is -0.494 e. The molecule has 0 atom stereocenters. The van der Waals surface area contributed by atoms with E-state index < -0.39 is 10.0 Å². The van der Waals surface area contributed by atoms with E-state index in [1.54, 1.807) is 23.9 Å². The zero-order chi connectivity index (χ0) is 30.2. The van der Waals surface area contributed by atoms with Crippen LogP contribution in [0.2, 0.25) is 0 Å². The molecule has 1 fully saturated rings.